The minimum Gasteiger partial charge on any atom is -0.252 e. The van der Waals surface area contributed by atoms with Gasteiger partial charge in [-0.25, -0.2) is 0 Å². The molecule has 13 heavy (non-hydrogen) atoms. The van der Waals surface area contributed by atoms with Crippen LogP contribution in [0.15, 0.2) is 24.4 Å². The van der Waals surface area contributed by atoms with Crippen LogP contribution in [0.4, 0.5) is 0 Å². The number of hydrogen-bond acceptors (Lipinski definition) is 1. The summed E-state index contributed by atoms with van der Waals surface area (Å²) in [6.45, 7) is 9.92. The number of hydrogen-bond donors (Lipinski definition) is 0. The number of nitrogens with zero attached hydrogens (tertiary/aromatic N) is 1. The molecule has 1 heterocycles. The monoisotopic (exact) mass is 173 g/mol. The van der Waals surface area contributed by atoms with Gasteiger partial charge in [0, 0.05) is 11.8 Å². The van der Waals surface area contributed by atoms with Crippen LogP contribution in [0.1, 0.15) is 36.7 Å². The van der Waals surface area contributed by atoms with E-state index in [4.69, 9.17) is 0 Å². The van der Waals surface area contributed by atoms with E-state index in [0.29, 0.717) is 5.92 Å². The topological polar surface area (TPSA) is 12.9 Å². The van der Waals surface area contributed by atoms with Gasteiger partial charge < -0.3 is 0 Å². The number of rotatable bonds is 2. The summed E-state index contributed by atoms with van der Waals surface area (Å²) in [5, 5.41) is 0. The lowest BCUT2D eigenvalue weighted by molar-refractivity contribution is 0.809. The maximum atomic E-state index is 4.50. The molecule has 0 fully saturated rings. The zero-order chi connectivity index (χ0) is 9.84. The Hall–Kier alpha value is -1.33. The van der Waals surface area contributed by atoms with E-state index < -0.39 is 0 Å². The second-order valence-corrected chi connectivity index (χ2v) is 3.44. The van der Waals surface area contributed by atoms with E-state index in [9.17, 15) is 0 Å². The second-order valence-electron chi connectivity index (χ2n) is 3.44. The summed E-state index contributed by atoms with van der Waals surface area (Å²) < 4.78 is 0. The Morgan fingerprint density at radius 3 is 2.69 bits per heavy atom. The molecule has 1 aromatic heterocycles. The fourth-order valence-corrected chi connectivity index (χ4v) is 1.33. The third kappa shape index (κ3) is 2.30. The number of pyridine rings is 1. The molecule has 0 spiro atoms. The van der Waals surface area contributed by atoms with Crippen molar-refractivity contribution in [2.24, 2.45) is 0 Å². The van der Waals surface area contributed by atoms with E-state index in [1.54, 1.807) is 6.08 Å². The van der Waals surface area contributed by atoms with Crippen LogP contribution in [0.2, 0.25) is 0 Å². The van der Waals surface area contributed by atoms with E-state index in [-0.39, 0.29) is 0 Å². The molecule has 0 aromatic carbocycles. The average Bonchev–Trinajstić information content (AvgIpc) is 2.08. The van der Waals surface area contributed by atoms with E-state index >= 15 is 0 Å². The molecule has 0 saturated heterocycles. The van der Waals surface area contributed by atoms with Crippen molar-refractivity contribution >= 4 is 6.08 Å². The van der Waals surface area contributed by atoms with Crippen molar-refractivity contribution in [3.05, 3.63) is 41.4 Å². The Balaban J connectivity index is 3.18. The summed E-state index contributed by atoms with van der Waals surface area (Å²) in [6.07, 6.45) is 1.80. The molecule has 0 N–H and O–H groups in total. The number of aromatic nitrogens is 1. The van der Waals surface area contributed by atoms with Gasteiger partial charge >= 0.3 is 0 Å². The Labute approximate surface area is 79.8 Å². The van der Waals surface area contributed by atoms with Gasteiger partial charge in [-0.3, -0.25) is 4.98 Å². The van der Waals surface area contributed by atoms with Crippen LogP contribution in [-0.2, 0) is 0 Å². The lowest BCUT2D eigenvalue weighted by atomic mass is 10.0. The maximum Gasteiger partial charge on any atom is 0.0710 e. The van der Waals surface area contributed by atoms with Crippen LogP contribution in [0, 0.1) is 6.92 Å². The molecule has 0 radical (unpaired) electrons. The molecule has 0 saturated carbocycles. The molecular formula is C12H15N. The lowest BCUT2D eigenvalue weighted by Gasteiger charge is -2.08. The van der Waals surface area contributed by atoms with Gasteiger partial charge in [0.1, 0.15) is 0 Å². The van der Waals surface area contributed by atoms with Gasteiger partial charge in [-0.15, -0.1) is 5.73 Å². The first kappa shape index (κ1) is 9.76. The smallest absolute Gasteiger partial charge is 0.0710 e. The first-order valence-corrected chi connectivity index (χ1v) is 4.48. The highest BCUT2D eigenvalue weighted by Crippen LogP contribution is 2.16. The molecule has 1 heteroatoms. The highest BCUT2D eigenvalue weighted by Gasteiger charge is 2.04. The van der Waals surface area contributed by atoms with Gasteiger partial charge in [-0.1, -0.05) is 26.5 Å². The van der Waals surface area contributed by atoms with Gasteiger partial charge in [-0.2, -0.15) is 0 Å². The quantitative estimate of drug-likeness (QED) is 0.625. The van der Waals surface area contributed by atoms with Gasteiger partial charge in [0.05, 0.1) is 5.69 Å². The molecule has 0 amide bonds. The zero-order valence-electron chi connectivity index (χ0n) is 8.46. The van der Waals surface area contributed by atoms with E-state index in [1.807, 2.05) is 6.07 Å². The van der Waals surface area contributed by atoms with Crippen molar-refractivity contribution in [1.29, 1.82) is 0 Å². The first-order chi connectivity index (χ1) is 6.15. The third-order valence-electron chi connectivity index (χ3n) is 1.95. The average molecular weight is 173 g/mol. The SMILES string of the molecule is C=C=Cc1ccc(C)c(C(C)C)n1. The summed E-state index contributed by atoms with van der Waals surface area (Å²) in [4.78, 5) is 4.50. The summed E-state index contributed by atoms with van der Waals surface area (Å²) in [5.41, 5.74) is 6.07. The molecule has 0 bridgehead atoms. The summed E-state index contributed by atoms with van der Waals surface area (Å²) in [5.74, 6) is 0.471. The van der Waals surface area contributed by atoms with Gasteiger partial charge in [0.15, 0.2) is 0 Å². The lowest BCUT2D eigenvalue weighted by Crippen LogP contribution is -1.97. The Morgan fingerprint density at radius 2 is 2.15 bits per heavy atom. The van der Waals surface area contributed by atoms with Crippen molar-refractivity contribution in [3.8, 4) is 0 Å². The molecule has 0 unspecified atom stereocenters. The Kier molecular flexibility index (Phi) is 3.05. The van der Waals surface area contributed by atoms with Crippen molar-refractivity contribution < 1.29 is 0 Å². The predicted molar refractivity (Wildman–Crippen MR) is 56.7 cm³/mol. The fourth-order valence-electron chi connectivity index (χ4n) is 1.33. The third-order valence-corrected chi connectivity index (χ3v) is 1.95. The first-order valence-electron chi connectivity index (χ1n) is 4.48. The zero-order valence-corrected chi connectivity index (χ0v) is 8.46. The summed E-state index contributed by atoms with van der Waals surface area (Å²) in [6, 6.07) is 4.07. The van der Waals surface area contributed by atoms with Gasteiger partial charge in [0.25, 0.3) is 0 Å². The fraction of sp³-hybridized carbons (Fsp3) is 0.333. The van der Waals surface area contributed by atoms with Gasteiger partial charge in [-0.05, 0) is 24.5 Å². The maximum absolute atomic E-state index is 4.50. The van der Waals surface area contributed by atoms with Crippen molar-refractivity contribution in [2.45, 2.75) is 26.7 Å². The number of aryl methyl sites for hydroxylation is 1. The van der Waals surface area contributed by atoms with Crippen LogP contribution in [0.3, 0.4) is 0 Å². The highest BCUT2D eigenvalue weighted by atomic mass is 14.7. The van der Waals surface area contributed by atoms with Crippen molar-refractivity contribution in [3.63, 3.8) is 0 Å². The van der Waals surface area contributed by atoms with Crippen LogP contribution in [0.5, 0.6) is 0 Å². The molecule has 68 valence electrons. The molecule has 1 aromatic rings. The molecule has 1 nitrogen and oxygen atoms in total. The molecule has 0 aliphatic carbocycles. The van der Waals surface area contributed by atoms with Crippen LogP contribution in [-0.4, -0.2) is 4.98 Å². The van der Waals surface area contributed by atoms with E-state index in [0.717, 1.165) is 11.4 Å². The minimum absolute atomic E-state index is 0.471. The van der Waals surface area contributed by atoms with Crippen LogP contribution >= 0.6 is 0 Å². The Bertz CT molecular complexity index is 344. The predicted octanol–water partition coefficient (Wildman–Crippen LogP) is 3.31. The molecule has 1 rings (SSSR count). The summed E-state index contributed by atoms with van der Waals surface area (Å²) >= 11 is 0. The molecule has 0 aliphatic heterocycles. The highest BCUT2D eigenvalue weighted by molar-refractivity contribution is 5.44. The van der Waals surface area contributed by atoms with Crippen molar-refractivity contribution in [2.75, 3.05) is 0 Å². The van der Waals surface area contributed by atoms with Crippen molar-refractivity contribution in [1.82, 2.24) is 4.98 Å². The normalized spacial score (nSPS) is 9.85. The molecular weight excluding hydrogens is 158 g/mol. The summed E-state index contributed by atoms with van der Waals surface area (Å²) in [7, 11) is 0. The van der Waals surface area contributed by atoms with Crippen LogP contribution in [0.25, 0.3) is 6.08 Å². The standard InChI is InChI=1S/C12H15N/c1-5-6-11-8-7-10(4)12(13-11)9(2)3/h6-9H,1H2,2-4H3. The van der Waals surface area contributed by atoms with E-state index in [2.05, 4.69) is 44.1 Å². The molecule has 0 atom stereocenters. The Morgan fingerprint density at radius 1 is 1.46 bits per heavy atom. The molecule has 0 aliphatic rings. The van der Waals surface area contributed by atoms with E-state index in [1.165, 1.54) is 5.56 Å². The van der Waals surface area contributed by atoms with Crippen LogP contribution < -0.4 is 0 Å². The minimum atomic E-state index is 0.471. The second kappa shape index (κ2) is 4.06. The van der Waals surface area contributed by atoms with Gasteiger partial charge in [0.2, 0.25) is 0 Å². The largest absolute Gasteiger partial charge is 0.252 e.